The Hall–Kier alpha value is -1.15. The van der Waals surface area contributed by atoms with Crippen molar-refractivity contribution in [2.75, 3.05) is 37.7 Å². The minimum atomic E-state index is -3.02. The number of hydrogen-bond acceptors (Lipinski definition) is 5. The van der Waals surface area contributed by atoms with Crippen LogP contribution in [-0.4, -0.2) is 73.9 Å². The van der Waals surface area contributed by atoms with Crippen molar-refractivity contribution < 1.29 is 18.0 Å². The zero-order valence-electron chi connectivity index (χ0n) is 12.0. The first-order valence-electron chi connectivity index (χ1n) is 7.49. The number of hydrogen-bond donors (Lipinski definition) is 1. The molecule has 2 aliphatic heterocycles. The van der Waals surface area contributed by atoms with E-state index in [9.17, 15) is 18.0 Å². The second-order valence-corrected chi connectivity index (χ2v) is 8.35. The van der Waals surface area contributed by atoms with E-state index >= 15 is 0 Å². The van der Waals surface area contributed by atoms with Crippen molar-refractivity contribution in [3.05, 3.63) is 0 Å². The number of amides is 3. The molecule has 1 aliphatic carbocycles. The Morgan fingerprint density at radius 2 is 2.05 bits per heavy atom. The molecule has 21 heavy (non-hydrogen) atoms. The second-order valence-electron chi connectivity index (χ2n) is 6.12. The Balaban J connectivity index is 1.70. The van der Waals surface area contributed by atoms with Gasteiger partial charge in [0.15, 0.2) is 9.84 Å². The first-order chi connectivity index (χ1) is 9.96. The number of urea groups is 1. The quantitative estimate of drug-likeness (QED) is 0.754. The van der Waals surface area contributed by atoms with E-state index in [1.54, 1.807) is 0 Å². The van der Waals surface area contributed by atoms with Crippen molar-refractivity contribution in [3.63, 3.8) is 0 Å². The maximum Gasteiger partial charge on any atom is 0.324 e. The van der Waals surface area contributed by atoms with Crippen LogP contribution in [0.15, 0.2) is 0 Å². The van der Waals surface area contributed by atoms with E-state index in [1.807, 2.05) is 4.90 Å². The number of rotatable bonds is 3. The molecule has 1 saturated carbocycles. The predicted octanol–water partition coefficient (Wildman–Crippen LogP) is -0.563. The third kappa shape index (κ3) is 3.37. The fourth-order valence-corrected chi connectivity index (χ4v) is 4.92. The lowest BCUT2D eigenvalue weighted by Crippen LogP contribution is -2.47. The summed E-state index contributed by atoms with van der Waals surface area (Å²) >= 11 is 0. The second kappa shape index (κ2) is 5.57. The topological polar surface area (TPSA) is 86.8 Å². The molecular weight excluding hydrogens is 294 g/mol. The van der Waals surface area contributed by atoms with Gasteiger partial charge in [-0.25, -0.2) is 13.2 Å². The van der Waals surface area contributed by atoms with Crippen molar-refractivity contribution >= 4 is 21.8 Å². The summed E-state index contributed by atoms with van der Waals surface area (Å²) < 4.78 is 23.9. The monoisotopic (exact) mass is 315 g/mol. The van der Waals surface area contributed by atoms with Crippen LogP contribution in [0, 0.1) is 5.92 Å². The number of nitrogens with one attached hydrogen (secondary N) is 1. The zero-order chi connectivity index (χ0) is 15.0. The van der Waals surface area contributed by atoms with Gasteiger partial charge in [0.1, 0.15) is 0 Å². The molecular formula is C13H21N3O4S. The van der Waals surface area contributed by atoms with Gasteiger partial charge < -0.3 is 5.32 Å². The third-order valence-corrected chi connectivity index (χ3v) is 6.22. The highest BCUT2D eigenvalue weighted by molar-refractivity contribution is 7.91. The number of sulfone groups is 1. The maximum atomic E-state index is 12.3. The molecule has 1 N–H and O–H groups in total. The normalized spacial score (nSPS) is 30.0. The molecule has 0 radical (unpaired) electrons. The lowest BCUT2D eigenvalue weighted by atomic mass is 10.1. The molecule has 3 rings (SSSR count). The van der Waals surface area contributed by atoms with E-state index in [1.165, 1.54) is 4.90 Å². The Kier molecular flexibility index (Phi) is 3.92. The van der Waals surface area contributed by atoms with Gasteiger partial charge in [-0.3, -0.25) is 14.6 Å². The minimum Gasteiger partial charge on any atom is -0.336 e. The average Bonchev–Trinajstić information content (AvgIpc) is 3.17. The van der Waals surface area contributed by atoms with Gasteiger partial charge in [0, 0.05) is 19.1 Å². The van der Waals surface area contributed by atoms with Crippen LogP contribution >= 0.6 is 0 Å². The van der Waals surface area contributed by atoms with Crippen molar-refractivity contribution in [2.45, 2.75) is 25.3 Å². The summed E-state index contributed by atoms with van der Waals surface area (Å²) in [5.74, 6) is 0.510. The molecule has 118 valence electrons. The van der Waals surface area contributed by atoms with E-state index in [0.29, 0.717) is 32.0 Å². The molecule has 0 aromatic rings. The largest absolute Gasteiger partial charge is 0.336 e. The highest BCUT2D eigenvalue weighted by Gasteiger charge is 2.41. The smallest absolute Gasteiger partial charge is 0.324 e. The molecule has 0 spiro atoms. The molecule has 1 unspecified atom stereocenters. The van der Waals surface area contributed by atoms with Crippen molar-refractivity contribution in [2.24, 2.45) is 5.92 Å². The van der Waals surface area contributed by atoms with Gasteiger partial charge in [0.25, 0.3) is 0 Å². The summed E-state index contributed by atoms with van der Waals surface area (Å²) in [6, 6.07) is -0.405. The number of nitrogens with zero attached hydrogens (tertiary/aromatic N) is 2. The first-order valence-corrected chi connectivity index (χ1v) is 9.31. The molecule has 0 aromatic heterocycles. The average molecular weight is 315 g/mol. The molecule has 3 amide bonds. The molecule has 0 aromatic carbocycles. The van der Waals surface area contributed by atoms with Gasteiger partial charge in [-0.05, 0) is 31.7 Å². The number of carbonyl (C=O) groups excluding carboxylic acids is 2. The Labute approximate surface area is 124 Å². The van der Waals surface area contributed by atoms with Crippen LogP contribution in [0.2, 0.25) is 0 Å². The Morgan fingerprint density at radius 3 is 2.67 bits per heavy atom. The molecule has 2 heterocycles. The maximum absolute atomic E-state index is 12.3. The van der Waals surface area contributed by atoms with Crippen LogP contribution < -0.4 is 5.32 Å². The fourth-order valence-electron chi connectivity index (χ4n) is 3.18. The summed E-state index contributed by atoms with van der Waals surface area (Å²) in [6.45, 7) is 1.65. The van der Waals surface area contributed by atoms with Gasteiger partial charge in [0.2, 0.25) is 5.91 Å². The van der Waals surface area contributed by atoms with Crippen molar-refractivity contribution in [1.82, 2.24) is 15.1 Å². The number of imide groups is 1. The number of carbonyl (C=O) groups is 2. The van der Waals surface area contributed by atoms with E-state index in [2.05, 4.69) is 5.32 Å². The van der Waals surface area contributed by atoms with Gasteiger partial charge in [0.05, 0.1) is 18.1 Å². The Morgan fingerprint density at radius 1 is 1.29 bits per heavy atom. The predicted molar refractivity (Wildman–Crippen MR) is 76.5 cm³/mol. The van der Waals surface area contributed by atoms with Crippen LogP contribution in [0.1, 0.15) is 19.3 Å². The minimum absolute atomic E-state index is 0.0629. The van der Waals surface area contributed by atoms with E-state index in [-0.39, 0.29) is 36.0 Å². The molecule has 3 fully saturated rings. The molecule has 3 aliphatic rings. The molecule has 1 atom stereocenters. The van der Waals surface area contributed by atoms with Crippen LogP contribution in [0.25, 0.3) is 0 Å². The lowest BCUT2D eigenvalue weighted by molar-refractivity contribution is -0.129. The summed E-state index contributed by atoms with van der Waals surface area (Å²) in [4.78, 5) is 27.0. The Bertz CT molecular complexity index is 544. The van der Waals surface area contributed by atoms with Gasteiger partial charge in [-0.2, -0.15) is 0 Å². The molecule has 0 bridgehead atoms. The highest BCUT2D eigenvalue weighted by Crippen LogP contribution is 2.37. The summed E-state index contributed by atoms with van der Waals surface area (Å²) in [6.07, 6.45) is 2.63. The van der Waals surface area contributed by atoms with Gasteiger partial charge in [-0.1, -0.05) is 0 Å². The fraction of sp³-hybridized carbons (Fsp3) is 0.846. The molecule has 8 heteroatoms. The third-order valence-electron chi connectivity index (χ3n) is 4.46. The standard InChI is InChI=1S/C13H21N3O4S/c17-12(16-6-4-14-13(16)18)8-15-5-1-7-21(19,20)9-11(15)10-2-3-10/h10-11H,1-9H2,(H,14,18). The highest BCUT2D eigenvalue weighted by atomic mass is 32.2. The SMILES string of the molecule is O=C(CN1CCCS(=O)(=O)CC1C1CC1)N1CCNC1=O. The first kappa shape index (κ1) is 14.8. The summed E-state index contributed by atoms with van der Waals surface area (Å²) in [5.41, 5.74) is 0. The van der Waals surface area contributed by atoms with Crippen molar-refractivity contribution in [1.29, 1.82) is 0 Å². The van der Waals surface area contributed by atoms with Gasteiger partial charge >= 0.3 is 6.03 Å². The summed E-state index contributed by atoms with van der Waals surface area (Å²) in [5, 5.41) is 2.61. The van der Waals surface area contributed by atoms with Crippen molar-refractivity contribution in [3.8, 4) is 0 Å². The van der Waals surface area contributed by atoms with E-state index in [4.69, 9.17) is 0 Å². The van der Waals surface area contributed by atoms with E-state index < -0.39 is 9.84 Å². The van der Waals surface area contributed by atoms with Crippen LogP contribution in [-0.2, 0) is 14.6 Å². The molecule has 2 saturated heterocycles. The van der Waals surface area contributed by atoms with Gasteiger partial charge in [-0.15, -0.1) is 0 Å². The van der Waals surface area contributed by atoms with Crippen LogP contribution in [0.3, 0.4) is 0 Å². The zero-order valence-corrected chi connectivity index (χ0v) is 12.8. The van der Waals surface area contributed by atoms with E-state index in [0.717, 1.165) is 12.8 Å². The van der Waals surface area contributed by atoms with Crippen LogP contribution in [0.5, 0.6) is 0 Å². The lowest BCUT2D eigenvalue weighted by Gasteiger charge is -2.29. The summed E-state index contributed by atoms with van der Waals surface area (Å²) in [7, 11) is -3.02. The van der Waals surface area contributed by atoms with Crippen LogP contribution in [0.4, 0.5) is 4.79 Å². The molecule has 7 nitrogen and oxygen atoms in total.